The van der Waals surface area contributed by atoms with Crippen LogP contribution >= 0.6 is 0 Å². The van der Waals surface area contributed by atoms with Crippen molar-refractivity contribution in [3.05, 3.63) is 70.8 Å². The molecule has 0 heterocycles. The highest BCUT2D eigenvalue weighted by Gasteiger charge is 2.17. The van der Waals surface area contributed by atoms with Crippen LogP contribution in [-0.4, -0.2) is 26.2 Å². The van der Waals surface area contributed by atoms with Gasteiger partial charge in [-0.3, -0.25) is 0 Å². The Labute approximate surface area is 130 Å². The van der Waals surface area contributed by atoms with Gasteiger partial charge < -0.3 is 15.2 Å². The number of benzene rings is 2. The predicted octanol–water partition coefficient (Wildman–Crippen LogP) is 2.85. The zero-order chi connectivity index (χ0) is 15.9. The molecule has 0 aliphatic carbocycles. The molecule has 0 amide bonds. The van der Waals surface area contributed by atoms with Gasteiger partial charge in [-0.15, -0.1) is 0 Å². The van der Waals surface area contributed by atoms with Crippen LogP contribution in [0.25, 0.3) is 0 Å². The molecule has 1 unspecified atom stereocenters. The number of ether oxygens (including phenoxy) is 2. The number of methoxy groups -OCH3 is 1. The Bertz CT molecular complexity index is 640. The number of rotatable bonds is 6. The standard InChI is InChI=1S/C18H21NO3/c1-13-5-3-6-14(11-13)17(22-10-9-19)15-7-4-8-16(12-15)18(20)21-2/h3-8,11-12,17H,9-10,19H2,1-2H3. The summed E-state index contributed by atoms with van der Waals surface area (Å²) < 4.78 is 10.7. The molecule has 0 aromatic heterocycles. The molecule has 0 spiro atoms. The van der Waals surface area contributed by atoms with E-state index in [0.29, 0.717) is 18.7 Å². The monoisotopic (exact) mass is 299 g/mol. The Morgan fingerprint density at radius 1 is 1.14 bits per heavy atom. The summed E-state index contributed by atoms with van der Waals surface area (Å²) in [7, 11) is 1.37. The zero-order valence-corrected chi connectivity index (χ0v) is 12.9. The molecular weight excluding hydrogens is 278 g/mol. The predicted molar refractivity (Wildman–Crippen MR) is 85.8 cm³/mol. The smallest absolute Gasteiger partial charge is 0.337 e. The molecule has 0 bridgehead atoms. The average Bonchev–Trinajstić information content (AvgIpc) is 2.55. The van der Waals surface area contributed by atoms with Gasteiger partial charge in [0, 0.05) is 6.54 Å². The molecule has 0 aliphatic heterocycles. The van der Waals surface area contributed by atoms with Gasteiger partial charge in [-0.25, -0.2) is 4.79 Å². The van der Waals surface area contributed by atoms with Crippen LogP contribution in [0.5, 0.6) is 0 Å². The van der Waals surface area contributed by atoms with Gasteiger partial charge >= 0.3 is 5.97 Å². The summed E-state index contributed by atoms with van der Waals surface area (Å²) in [6, 6.07) is 15.4. The van der Waals surface area contributed by atoms with Gasteiger partial charge in [-0.2, -0.15) is 0 Å². The highest BCUT2D eigenvalue weighted by atomic mass is 16.5. The molecule has 1 atom stereocenters. The molecule has 22 heavy (non-hydrogen) atoms. The fraction of sp³-hybridized carbons (Fsp3) is 0.278. The maximum atomic E-state index is 11.7. The molecule has 2 aromatic rings. The molecule has 116 valence electrons. The van der Waals surface area contributed by atoms with Crippen molar-refractivity contribution in [3.63, 3.8) is 0 Å². The Kier molecular flexibility index (Phi) is 5.69. The van der Waals surface area contributed by atoms with E-state index in [1.807, 2.05) is 37.3 Å². The highest BCUT2D eigenvalue weighted by Crippen LogP contribution is 2.27. The lowest BCUT2D eigenvalue weighted by Gasteiger charge is -2.19. The molecule has 0 aliphatic rings. The lowest BCUT2D eigenvalue weighted by molar-refractivity contribution is 0.0599. The number of aryl methyl sites for hydroxylation is 1. The van der Waals surface area contributed by atoms with E-state index in [2.05, 4.69) is 6.07 Å². The first-order valence-electron chi connectivity index (χ1n) is 7.22. The number of carbonyl (C=O) groups excluding carboxylic acids is 1. The first kappa shape index (κ1) is 16.2. The van der Waals surface area contributed by atoms with E-state index in [1.54, 1.807) is 12.1 Å². The normalized spacial score (nSPS) is 12.0. The molecule has 4 heteroatoms. The van der Waals surface area contributed by atoms with Gasteiger partial charge in [-0.1, -0.05) is 42.0 Å². The van der Waals surface area contributed by atoms with Gasteiger partial charge in [0.2, 0.25) is 0 Å². The molecule has 0 saturated heterocycles. The van der Waals surface area contributed by atoms with E-state index >= 15 is 0 Å². The van der Waals surface area contributed by atoms with E-state index in [9.17, 15) is 4.79 Å². The Morgan fingerprint density at radius 3 is 2.45 bits per heavy atom. The number of hydrogen-bond acceptors (Lipinski definition) is 4. The first-order chi connectivity index (χ1) is 10.7. The van der Waals surface area contributed by atoms with Crippen molar-refractivity contribution in [1.82, 2.24) is 0 Å². The molecular formula is C18H21NO3. The lowest BCUT2D eigenvalue weighted by Crippen LogP contribution is -2.14. The van der Waals surface area contributed by atoms with Crippen molar-refractivity contribution in [2.75, 3.05) is 20.3 Å². The van der Waals surface area contributed by atoms with Crippen molar-refractivity contribution >= 4 is 5.97 Å². The molecule has 2 rings (SSSR count). The van der Waals surface area contributed by atoms with Crippen LogP contribution in [-0.2, 0) is 9.47 Å². The SMILES string of the molecule is COC(=O)c1cccc(C(OCCN)c2cccc(C)c2)c1. The number of esters is 1. The fourth-order valence-corrected chi connectivity index (χ4v) is 2.35. The minimum absolute atomic E-state index is 0.256. The molecule has 2 aromatic carbocycles. The minimum Gasteiger partial charge on any atom is -0.465 e. The quantitative estimate of drug-likeness (QED) is 0.833. The first-order valence-corrected chi connectivity index (χ1v) is 7.22. The van der Waals surface area contributed by atoms with Crippen LogP contribution in [0.3, 0.4) is 0 Å². The van der Waals surface area contributed by atoms with Crippen LogP contribution in [0.4, 0.5) is 0 Å². The minimum atomic E-state index is -0.358. The Morgan fingerprint density at radius 2 is 1.82 bits per heavy atom. The fourth-order valence-electron chi connectivity index (χ4n) is 2.35. The maximum absolute atomic E-state index is 11.7. The van der Waals surface area contributed by atoms with Gasteiger partial charge in [0.15, 0.2) is 0 Å². The third-order valence-electron chi connectivity index (χ3n) is 3.36. The second-order valence-electron chi connectivity index (χ2n) is 5.07. The van der Waals surface area contributed by atoms with Crippen LogP contribution in [0.1, 0.15) is 33.2 Å². The van der Waals surface area contributed by atoms with Crippen LogP contribution in [0.2, 0.25) is 0 Å². The van der Waals surface area contributed by atoms with E-state index in [1.165, 1.54) is 7.11 Å². The van der Waals surface area contributed by atoms with Gasteiger partial charge in [0.1, 0.15) is 6.10 Å². The van der Waals surface area contributed by atoms with E-state index in [-0.39, 0.29) is 12.1 Å². The van der Waals surface area contributed by atoms with E-state index < -0.39 is 0 Å². The lowest BCUT2D eigenvalue weighted by atomic mass is 9.98. The second-order valence-corrected chi connectivity index (χ2v) is 5.07. The molecule has 0 radical (unpaired) electrons. The third kappa shape index (κ3) is 3.93. The largest absolute Gasteiger partial charge is 0.465 e. The summed E-state index contributed by atoms with van der Waals surface area (Å²) in [5, 5.41) is 0. The van der Waals surface area contributed by atoms with Crippen molar-refractivity contribution in [1.29, 1.82) is 0 Å². The van der Waals surface area contributed by atoms with Crippen molar-refractivity contribution in [2.45, 2.75) is 13.0 Å². The summed E-state index contributed by atoms with van der Waals surface area (Å²) >= 11 is 0. The maximum Gasteiger partial charge on any atom is 0.337 e. The van der Waals surface area contributed by atoms with Crippen LogP contribution in [0.15, 0.2) is 48.5 Å². The number of carbonyl (C=O) groups is 1. The third-order valence-corrected chi connectivity index (χ3v) is 3.36. The van der Waals surface area contributed by atoms with E-state index in [4.69, 9.17) is 15.2 Å². The van der Waals surface area contributed by atoms with E-state index in [0.717, 1.165) is 16.7 Å². The van der Waals surface area contributed by atoms with Crippen molar-refractivity contribution in [3.8, 4) is 0 Å². The Hall–Kier alpha value is -2.17. The van der Waals surface area contributed by atoms with Gasteiger partial charge in [0.05, 0.1) is 19.3 Å². The summed E-state index contributed by atoms with van der Waals surface area (Å²) in [5.74, 6) is -0.358. The van der Waals surface area contributed by atoms with Crippen LogP contribution < -0.4 is 5.73 Å². The number of hydrogen-bond donors (Lipinski definition) is 1. The van der Waals surface area contributed by atoms with Crippen LogP contribution in [0, 0.1) is 6.92 Å². The summed E-state index contributed by atoms with van der Waals surface area (Å²) in [4.78, 5) is 11.7. The Balaban J connectivity index is 2.39. The highest BCUT2D eigenvalue weighted by molar-refractivity contribution is 5.89. The summed E-state index contributed by atoms with van der Waals surface area (Å²) in [5.41, 5.74) is 9.17. The molecule has 4 nitrogen and oxygen atoms in total. The number of nitrogens with two attached hydrogens (primary N) is 1. The van der Waals surface area contributed by atoms with Crippen molar-refractivity contribution in [2.24, 2.45) is 5.73 Å². The topological polar surface area (TPSA) is 61.5 Å². The van der Waals surface area contributed by atoms with Gasteiger partial charge in [-0.05, 0) is 30.2 Å². The second kappa shape index (κ2) is 7.73. The van der Waals surface area contributed by atoms with Crippen molar-refractivity contribution < 1.29 is 14.3 Å². The molecule has 2 N–H and O–H groups in total. The summed E-state index contributed by atoms with van der Waals surface area (Å²) in [6.07, 6.45) is -0.256. The molecule has 0 fully saturated rings. The zero-order valence-electron chi connectivity index (χ0n) is 12.9. The average molecular weight is 299 g/mol. The molecule has 0 saturated carbocycles. The summed E-state index contributed by atoms with van der Waals surface area (Å²) in [6.45, 7) is 2.93. The van der Waals surface area contributed by atoms with Gasteiger partial charge in [0.25, 0.3) is 0 Å².